The van der Waals surface area contributed by atoms with Gasteiger partial charge < -0.3 is 10.6 Å². The predicted molar refractivity (Wildman–Crippen MR) is 74.2 cm³/mol. The summed E-state index contributed by atoms with van der Waals surface area (Å²) in [6, 6.07) is 0. The van der Waals surface area contributed by atoms with Crippen molar-refractivity contribution < 1.29 is 4.21 Å². The van der Waals surface area contributed by atoms with Crippen LogP contribution in [0, 0.1) is 0 Å². The molecule has 4 nitrogen and oxygen atoms in total. The molecule has 0 amide bonds. The lowest BCUT2D eigenvalue weighted by Crippen LogP contribution is -2.37. The van der Waals surface area contributed by atoms with Gasteiger partial charge in [0.05, 0.1) is 5.69 Å². The Hall–Kier alpha value is -0.460. The molecule has 0 unspecified atom stereocenters. The van der Waals surface area contributed by atoms with Crippen molar-refractivity contribution >= 4 is 27.3 Å². The van der Waals surface area contributed by atoms with Crippen LogP contribution in [0.5, 0.6) is 0 Å². The van der Waals surface area contributed by atoms with Crippen molar-refractivity contribution in [3.8, 4) is 0 Å². The third-order valence-electron chi connectivity index (χ3n) is 2.90. The van der Waals surface area contributed by atoms with Crippen molar-refractivity contribution in [1.82, 2.24) is 4.98 Å². The lowest BCUT2D eigenvalue weighted by molar-refractivity contribution is 0.673. The minimum Gasteiger partial charge on any atom is -0.346 e. The molecule has 0 bridgehead atoms. The molecule has 1 aromatic rings. The van der Waals surface area contributed by atoms with Crippen molar-refractivity contribution in [1.29, 1.82) is 0 Å². The highest BCUT2D eigenvalue weighted by Gasteiger charge is 2.21. The lowest BCUT2D eigenvalue weighted by Gasteiger charge is -2.25. The molecular weight excluding hydrogens is 254 g/mol. The number of hydrogen-bond donors (Lipinski definition) is 1. The van der Waals surface area contributed by atoms with E-state index in [9.17, 15) is 4.21 Å². The number of thiazole rings is 1. The summed E-state index contributed by atoms with van der Waals surface area (Å²) in [5.74, 6) is 1.93. The Bertz CT molecular complexity index is 407. The third kappa shape index (κ3) is 2.86. The Kier molecular flexibility index (Phi) is 4.17. The highest BCUT2D eigenvalue weighted by molar-refractivity contribution is 7.85. The molecule has 2 rings (SSSR count). The van der Waals surface area contributed by atoms with E-state index < -0.39 is 10.8 Å². The minimum atomic E-state index is -0.633. The molecule has 6 heteroatoms. The van der Waals surface area contributed by atoms with Crippen molar-refractivity contribution in [2.75, 3.05) is 29.5 Å². The Morgan fingerprint density at radius 3 is 2.59 bits per heavy atom. The van der Waals surface area contributed by atoms with Gasteiger partial charge in [-0.2, -0.15) is 0 Å². The van der Waals surface area contributed by atoms with E-state index >= 15 is 0 Å². The first-order chi connectivity index (χ1) is 8.11. The Labute approximate surface area is 109 Å². The molecule has 96 valence electrons. The maximum absolute atomic E-state index is 11.3. The smallest absolute Gasteiger partial charge is 0.185 e. The molecule has 1 aliphatic heterocycles. The first kappa shape index (κ1) is 13.0. The van der Waals surface area contributed by atoms with Gasteiger partial charge in [0.1, 0.15) is 0 Å². The molecule has 0 radical (unpaired) electrons. The quantitative estimate of drug-likeness (QED) is 0.901. The minimum absolute atomic E-state index is 0.414. The molecule has 1 aliphatic rings. The molecule has 2 heterocycles. The van der Waals surface area contributed by atoms with Crippen LogP contribution in [0.2, 0.25) is 0 Å². The van der Waals surface area contributed by atoms with E-state index in [0.717, 1.165) is 35.4 Å². The number of hydrogen-bond acceptors (Lipinski definition) is 5. The molecule has 0 aliphatic carbocycles. The molecule has 17 heavy (non-hydrogen) atoms. The zero-order valence-corrected chi connectivity index (χ0v) is 11.9. The third-order valence-corrected chi connectivity index (χ3v) is 5.33. The van der Waals surface area contributed by atoms with Gasteiger partial charge in [-0.25, -0.2) is 4.98 Å². The fraction of sp³-hybridized carbons (Fsp3) is 0.727. The summed E-state index contributed by atoms with van der Waals surface area (Å²) < 4.78 is 11.3. The standard InChI is InChI=1S/C11H19N3OS2/c1-8(2)10-9(7-12)16-11(13-10)14-3-5-17(15)6-4-14/h8H,3-7,12H2,1-2H3. The Morgan fingerprint density at radius 1 is 1.47 bits per heavy atom. The van der Waals surface area contributed by atoms with Crippen LogP contribution in [0.15, 0.2) is 0 Å². The van der Waals surface area contributed by atoms with E-state index in [0.29, 0.717) is 12.5 Å². The van der Waals surface area contributed by atoms with E-state index in [1.54, 1.807) is 11.3 Å². The van der Waals surface area contributed by atoms with Gasteiger partial charge >= 0.3 is 0 Å². The van der Waals surface area contributed by atoms with Crippen LogP contribution in [0.1, 0.15) is 30.3 Å². The molecule has 2 N–H and O–H groups in total. The normalized spacial score (nSPS) is 18.0. The predicted octanol–water partition coefficient (Wildman–Crippen LogP) is 1.29. The molecule has 0 aromatic carbocycles. The van der Waals surface area contributed by atoms with Crippen LogP contribution < -0.4 is 10.6 Å². The first-order valence-corrected chi connectivity index (χ1v) is 8.22. The van der Waals surface area contributed by atoms with Crippen LogP contribution in [-0.2, 0) is 17.3 Å². The molecule has 1 fully saturated rings. The van der Waals surface area contributed by atoms with Crippen LogP contribution in [0.25, 0.3) is 0 Å². The monoisotopic (exact) mass is 273 g/mol. The molecule has 0 spiro atoms. The van der Waals surface area contributed by atoms with E-state index in [4.69, 9.17) is 10.7 Å². The summed E-state index contributed by atoms with van der Waals surface area (Å²) in [5.41, 5.74) is 6.88. The zero-order valence-electron chi connectivity index (χ0n) is 10.3. The van der Waals surface area contributed by atoms with E-state index in [-0.39, 0.29) is 0 Å². The maximum atomic E-state index is 11.3. The average molecular weight is 273 g/mol. The maximum Gasteiger partial charge on any atom is 0.185 e. The largest absolute Gasteiger partial charge is 0.346 e. The van der Waals surface area contributed by atoms with E-state index in [1.165, 1.54) is 4.88 Å². The zero-order chi connectivity index (χ0) is 12.4. The molecule has 1 saturated heterocycles. The summed E-state index contributed by atoms with van der Waals surface area (Å²) in [7, 11) is -0.633. The van der Waals surface area contributed by atoms with Gasteiger partial charge in [0.25, 0.3) is 0 Å². The number of rotatable bonds is 3. The van der Waals surface area contributed by atoms with Crippen LogP contribution in [-0.4, -0.2) is 33.8 Å². The fourth-order valence-electron chi connectivity index (χ4n) is 1.91. The van der Waals surface area contributed by atoms with Crippen LogP contribution >= 0.6 is 11.3 Å². The highest BCUT2D eigenvalue weighted by Crippen LogP contribution is 2.30. The van der Waals surface area contributed by atoms with Gasteiger partial charge in [0, 0.05) is 46.8 Å². The fourth-order valence-corrected chi connectivity index (χ4v) is 4.11. The molecule has 0 atom stereocenters. The van der Waals surface area contributed by atoms with Crippen molar-refractivity contribution in [2.45, 2.75) is 26.3 Å². The summed E-state index contributed by atoms with van der Waals surface area (Å²) >= 11 is 1.69. The number of anilines is 1. The van der Waals surface area contributed by atoms with E-state index in [2.05, 4.69) is 18.7 Å². The van der Waals surface area contributed by atoms with Gasteiger partial charge in [-0.15, -0.1) is 11.3 Å². The lowest BCUT2D eigenvalue weighted by atomic mass is 10.1. The van der Waals surface area contributed by atoms with Gasteiger partial charge in [-0.3, -0.25) is 4.21 Å². The van der Waals surface area contributed by atoms with Crippen molar-refractivity contribution in [2.24, 2.45) is 5.73 Å². The summed E-state index contributed by atoms with van der Waals surface area (Å²) in [4.78, 5) is 8.11. The second-order valence-electron chi connectivity index (χ2n) is 4.50. The topological polar surface area (TPSA) is 59.2 Å². The Morgan fingerprint density at radius 2 is 2.12 bits per heavy atom. The van der Waals surface area contributed by atoms with Gasteiger partial charge in [0.15, 0.2) is 5.13 Å². The van der Waals surface area contributed by atoms with E-state index in [1.807, 2.05) is 0 Å². The van der Waals surface area contributed by atoms with Gasteiger partial charge in [0.2, 0.25) is 0 Å². The first-order valence-electron chi connectivity index (χ1n) is 5.91. The highest BCUT2D eigenvalue weighted by atomic mass is 32.2. The number of nitrogens with two attached hydrogens (primary N) is 1. The van der Waals surface area contributed by atoms with Crippen molar-refractivity contribution in [3.63, 3.8) is 0 Å². The van der Waals surface area contributed by atoms with Crippen molar-refractivity contribution in [3.05, 3.63) is 10.6 Å². The average Bonchev–Trinajstić information content (AvgIpc) is 2.74. The van der Waals surface area contributed by atoms with Crippen LogP contribution in [0.3, 0.4) is 0 Å². The molecule has 0 saturated carbocycles. The second-order valence-corrected chi connectivity index (χ2v) is 7.26. The number of nitrogens with zero attached hydrogens (tertiary/aromatic N) is 2. The Balaban J connectivity index is 2.18. The molecular formula is C11H19N3OS2. The van der Waals surface area contributed by atoms with Crippen LogP contribution in [0.4, 0.5) is 5.13 Å². The molecule has 1 aromatic heterocycles. The summed E-state index contributed by atoms with van der Waals surface area (Å²) in [6.45, 7) is 6.54. The number of aromatic nitrogens is 1. The summed E-state index contributed by atoms with van der Waals surface area (Å²) in [5, 5.41) is 1.05. The SMILES string of the molecule is CC(C)c1nc(N2CCS(=O)CC2)sc1CN. The second kappa shape index (κ2) is 5.46. The van der Waals surface area contributed by atoms with Gasteiger partial charge in [-0.1, -0.05) is 13.8 Å². The summed E-state index contributed by atoms with van der Waals surface area (Å²) in [6.07, 6.45) is 0. The van der Waals surface area contributed by atoms with Gasteiger partial charge in [-0.05, 0) is 5.92 Å².